The van der Waals surface area contributed by atoms with Gasteiger partial charge in [-0.15, -0.1) is 11.3 Å². The van der Waals surface area contributed by atoms with Gasteiger partial charge in [0, 0.05) is 0 Å². The van der Waals surface area contributed by atoms with Gasteiger partial charge in [0.2, 0.25) is 0 Å². The fourth-order valence-corrected chi connectivity index (χ4v) is 1.27. The summed E-state index contributed by atoms with van der Waals surface area (Å²) in [4.78, 5) is 0. The summed E-state index contributed by atoms with van der Waals surface area (Å²) in [7, 11) is 0. The SMILES string of the molecule is Clc1ccsc1Cl. The first-order valence-electron chi connectivity index (χ1n) is 1.69. The molecule has 0 bridgehead atoms. The predicted octanol–water partition coefficient (Wildman–Crippen LogP) is 3.05. The summed E-state index contributed by atoms with van der Waals surface area (Å²) in [6.07, 6.45) is 0. The molecule has 7 heavy (non-hydrogen) atoms. The third-order valence-corrected chi connectivity index (χ3v) is 2.27. The van der Waals surface area contributed by atoms with Crippen LogP contribution in [0.1, 0.15) is 0 Å². The Kier molecular flexibility index (Phi) is 1.57. The molecule has 0 saturated carbocycles. The third-order valence-electron chi connectivity index (χ3n) is 0.574. The normalized spacial score (nSPS) is 9.43. The van der Waals surface area contributed by atoms with E-state index in [9.17, 15) is 0 Å². The topological polar surface area (TPSA) is 0 Å². The molecule has 0 aliphatic heterocycles. The summed E-state index contributed by atoms with van der Waals surface area (Å²) in [5, 5.41) is 2.50. The monoisotopic (exact) mass is 152 g/mol. The number of hydrogen-bond acceptors (Lipinski definition) is 1. The van der Waals surface area contributed by atoms with E-state index in [2.05, 4.69) is 0 Å². The van der Waals surface area contributed by atoms with E-state index >= 15 is 0 Å². The second kappa shape index (κ2) is 2.03. The molecule has 0 fully saturated rings. The number of halogens is 2. The minimum absolute atomic E-state index is 0.645. The molecule has 3 heteroatoms. The molecule has 1 heterocycles. The van der Waals surface area contributed by atoms with Crippen molar-refractivity contribution < 1.29 is 0 Å². The highest BCUT2D eigenvalue weighted by atomic mass is 35.5. The van der Waals surface area contributed by atoms with E-state index < -0.39 is 0 Å². The van der Waals surface area contributed by atoms with Crippen molar-refractivity contribution in [3.05, 3.63) is 20.8 Å². The predicted molar refractivity (Wildman–Crippen MR) is 34.3 cm³/mol. The van der Waals surface area contributed by atoms with Gasteiger partial charge >= 0.3 is 0 Å². The van der Waals surface area contributed by atoms with Gasteiger partial charge in [-0.3, -0.25) is 0 Å². The van der Waals surface area contributed by atoms with Crippen LogP contribution in [0.25, 0.3) is 0 Å². The highest BCUT2D eigenvalue weighted by molar-refractivity contribution is 7.15. The van der Waals surface area contributed by atoms with Crippen LogP contribution in [0.4, 0.5) is 0 Å². The van der Waals surface area contributed by atoms with Gasteiger partial charge < -0.3 is 0 Å². The molecule has 0 saturated heterocycles. The van der Waals surface area contributed by atoms with Crippen molar-refractivity contribution in [2.45, 2.75) is 0 Å². The highest BCUT2D eigenvalue weighted by Gasteiger charge is 1.92. The zero-order valence-corrected chi connectivity index (χ0v) is 5.65. The fraction of sp³-hybridized carbons (Fsp3) is 0. The lowest BCUT2D eigenvalue weighted by molar-refractivity contribution is 2.01. The number of hydrogen-bond donors (Lipinski definition) is 0. The van der Waals surface area contributed by atoms with E-state index in [1.807, 2.05) is 5.38 Å². The van der Waals surface area contributed by atoms with Crippen LogP contribution in [0.3, 0.4) is 0 Å². The van der Waals surface area contributed by atoms with Crippen molar-refractivity contribution in [1.82, 2.24) is 0 Å². The van der Waals surface area contributed by atoms with Crippen molar-refractivity contribution in [2.24, 2.45) is 0 Å². The van der Waals surface area contributed by atoms with E-state index in [1.54, 1.807) is 6.07 Å². The first kappa shape index (κ1) is 5.42. The Bertz CT molecular complexity index is 142. The van der Waals surface area contributed by atoms with E-state index in [0.717, 1.165) is 0 Å². The minimum Gasteiger partial charge on any atom is -0.130 e. The maximum Gasteiger partial charge on any atom is 0.111 e. The average Bonchev–Trinajstić information content (AvgIpc) is 1.91. The largest absolute Gasteiger partial charge is 0.130 e. The van der Waals surface area contributed by atoms with Crippen molar-refractivity contribution >= 4 is 34.5 Å². The second-order valence-electron chi connectivity index (χ2n) is 1.04. The van der Waals surface area contributed by atoms with Crippen molar-refractivity contribution in [2.75, 3.05) is 0 Å². The van der Waals surface area contributed by atoms with Crippen molar-refractivity contribution in [1.29, 1.82) is 0 Å². The molecule has 0 atom stereocenters. The smallest absolute Gasteiger partial charge is 0.111 e. The maximum absolute atomic E-state index is 5.51. The molecule has 0 aliphatic rings. The molecule has 0 aromatic carbocycles. The molecule has 1 rings (SSSR count). The lowest BCUT2D eigenvalue weighted by atomic mass is 10.7. The van der Waals surface area contributed by atoms with Crippen LogP contribution >= 0.6 is 34.5 Å². The molecule has 0 spiro atoms. The average molecular weight is 153 g/mol. The summed E-state index contributed by atoms with van der Waals surface area (Å²) in [6.45, 7) is 0. The lowest BCUT2D eigenvalue weighted by Gasteiger charge is -1.73. The summed E-state index contributed by atoms with van der Waals surface area (Å²) >= 11 is 12.5. The van der Waals surface area contributed by atoms with Crippen LogP contribution < -0.4 is 0 Å². The molecule has 1 aromatic heterocycles. The molecule has 38 valence electrons. The minimum atomic E-state index is 0.645. The fourth-order valence-electron chi connectivity index (χ4n) is 0.275. The van der Waals surface area contributed by atoms with Gasteiger partial charge in [-0.1, -0.05) is 23.2 Å². The van der Waals surface area contributed by atoms with Gasteiger partial charge in [0.05, 0.1) is 5.02 Å². The molecule has 0 unspecified atom stereocenters. The van der Waals surface area contributed by atoms with Crippen LogP contribution in [0.2, 0.25) is 9.36 Å². The van der Waals surface area contributed by atoms with Crippen LogP contribution in [0.5, 0.6) is 0 Å². The highest BCUT2D eigenvalue weighted by Crippen LogP contribution is 2.26. The Labute approximate surface area is 55.7 Å². The van der Waals surface area contributed by atoms with E-state index in [1.165, 1.54) is 11.3 Å². The molecule has 1 aromatic rings. The van der Waals surface area contributed by atoms with Gasteiger partial charge in [0.1, 0.15) is 4.34 Å². The maximum atomic E-state index is 5.51. The van der Waals surface area contributed by atoms with Crippen LogP contribution in [-0.2, 0) is 0 Å². The Balaban J connectivity index is 3.12. The van der Waals surface area contributed by atoms with Gasteiger partial charge in [-0.2, -0.15) is 0 Å². The van der Waals surface area contributed by atoms with Gasteiger partial charge in [-0.25, -0.2) is 0 Å². The van der Waals surface area contributed by atoms with E-state index in [4.69, 9.17) is 23.2 Å². The Morgan fingerprint density at radius 3 is 2.29 bits per heavy atom. The summed E-state index contributed by atoms with van der Waals surface area (Å²) in [5.74, 6) is 0. The molecule has 0 amide bonds. The Morgan fingerprint density at radius 2 is 2.14 bits per heavy atom. The van der Waals surface area contributed by atoms with Crippen LogP contribution in [0, 0.1) is 0 Å². The van der Waals surface area contributed by atoms with Crippen molar-refractivity contribution in [3.63, 3.8) is 0 Å². The number of rotatable bonds is 0. The molecular weight excluding hydrogens is 151 g/mol. The van der Waals surface area contributed by atoms with Crippen LogP contribution in [0.15, 0.2) is 11.4 Å². The third kappa shape index (κ3) is 1.09. The summed E-state index contributed by atoms with van der Waals surface area (Å²) in [6, 6.07) is 1.77. The Morgan fingerprint density at radius 1 is 1.43 bits per heavy atom. The van der Waals surface area contributed by atoms with E-state index in [-0.39, 0.29) is 0 Å². The zero-order valence-electron chi connectivity index (χ0n) is 3.32. The zero-order chi connectivity index (χ0) is 5.28. The molecule has 0 radical (unpaired) electrons. The molecular formula is C4H2Cl2S. The van der Waals surface area contributed by atoms with E-state index in [0.29, 0.717) is 9.36 Å². The summed E-state index contributed by atoms with van der Waals surface area (Å²) < 4.78 is 0.668. The van der Waals surface area contributed by atoms with Gasteiger partial charge in [0.25, 0.3) is 0 Å². The van der Waals surface area contributed by atoms with Crippen molar-refractivity contribution in [3.8, 4) is 0 Å². The molecule has 0 aliphatic carbocycles. The first-order valence-corrected chi connectivity index (χ1v) is 3.33. The second-order valence-corrected chi connectivity index (χ2v) is 2.97. The lowest BCUT2D eigenvalue weighted by Crippen LogP contribution is -1.43. The Hall–Kier alpha value is 0.280. The summed E-state index contributed by atoms with van der Waals surface area (Å²) in [5.41, 5.74) is 0. The quantitative estimate of drug-likeness (QED) is 0.537. The molecule has 0 nitrogen and oxygen atoms in total. The van der Waals surface area contributed by atoms with Gasteiger partial charge in [0.15, 0.2) is 0 Å². The van der Waals surface area contributed by atoms with Crippen LogP contribution in [-0.4, -0.2) is 0 Å². The first-order chi connectivity index (χ1) is 3.30. The number of thiophene rings is 1. The standard InChI is InChI=1S/C4H2Cl2S/c5-3-1-2-7-4(3)6/h1-2H. The molecule has 0 N–H and O–H groups in total. The van der Waals surface area contributed by atoms with Gasteiger partial charge in [-0.05, 0) is 11.4 Å².